The van der Waals surface area contributed by atoms with Crippen LogP contribution < -0.4 is 0 Å². The van der Waals surface area contributed by atoms with E-state index in [1.165, 1.54) is 122 Å². The monoisotopic (exact) mass is 807 g/mol. The Morgan fingerprint density at radius 1 is 0.526 bits per heavy atom. The van der Waals surface area contributed by atoms with Crippen LogP contribution in [0.2, 0.25) is 0 Å². The summed E-state index contributed by atoms with van der Waals surface area (Å²) in [5.74, 6) is -1.47. The number of rotatable bonds is 43. The lowest BCUT2D eigenvalue weighted by molar-refractivity contribution is -0.887. The number of nitrogens with zero attached hydrogens (tertiary/aromatic N) is 1. The van der Waals surface area contributed by atoms with Crippen LogP contribution in [0.5, 0.6) is 0 Å². The zero-order valence-corrected chi connectivity index (χ0v) is 38.1. The topological polar surface area (TPSA) is 99.1 Å². The highest BCUT2D eigenvalue weighted by molar-refractivity contribution is 5.72. The van der Waals surface area contributed by atoms with Crippen LogP contribution in [0.15, 0.2) is 24.3 Å². The summed E-state index contributed by atoms with van der Waals surface area (Å²) in [6, 6.07) is -0.614. The van der Waals surface area contributed by atoms with Gasteiger partial charge in [0.25, 0.3) is 0 Å². The lowest BCUT2D eigenvalue weighted by atomic mass is 10.0. The number of carbonyl (C=O) groups is 3. The molecule has 334 valence electrons. The number of carbonyl (C=O) groups excluding carboxylic acids is 2. The molecule has 0 aliphatic rings. The van der Waals surface area contributed by atoms with Gasteiger partial charge in [0.05, 0.1) is 34.4 Å². The van der Waals surface area contributed by atoms with Gasteiger partial charge in [0.2, 0.25) is 0 Å². The highest BCUT2D eigenvalue weighted by Gasteiger charge is 2.31. The number of unbranched alkanes of at least 4 members (excludes halogenated alkanes) is 25. The number of likely N-dealkylation sites (N-methyl/N-ethyl adjacent to an activating group) is 1. The molecule has 0 radical (unpaired) electrons. The second-order valence-corrected chi connectivity index (χ2v) is 17.4. The molecule has 0 saturated carbocycles. The molecule has 0 bridgehead atoms. The van der Waals surface area contributed by atoms with E-state index in [0.29, 0.717) is 19.3 Å². The van der Waals surface area contributed by atoms with Gasteiger partial charge in [-0.3, -0.25) is 9.59 Å². The van der Waals surface area contributed by atoms with E-state index in [1.807, 2.05) is 21.1 Å². The summed E-state index contributed by atoms with van der Waals surface area (Å²) in [5.41, 5.74) is 0. The highest BCUT2D eigenvalue weighted by atomic mass is 16.6. The Balaban J connectivity index is 4.29. The number of carboxylic acids is 1. The summed E-state index contributed by atoms with van der Waals surface area (Å²) in [4.78, 5) is 37.0. The van der Waals surface area contributed by atoms with Crippen molar-refractivity contribution < 1.29 is 38.2 Å². The molecule has 0 saturated heterocycles. The predicted octanol–water partition coefficient (Wildman–Crippen LogP) is 13.3. The Morgan fingerprint density at radius 2 is 0.930 bits per heavy atom. The molecule has 8 nitrogen and oxygen atoms in total. The first-order valence-corrected chi connectivity index (χ1v) is 23.9. The molecule has 0 fully saturated rings. The Bertz CT molecular complexity index is 989. The molecule has 0 rings (SSSR count). The second-order valence-electron chi connectivity index (χ2n) is 17.4. The smallest absolute Gasteiger partial charge is 0.362 e. The molecule has 2 atom stereocenters. The van der Waals surface area contributed by atoms with Crippen LogP contribution in [0.1, 0.15) is 219 Å². The third kappa shape index (κ3) is 39.1. The number of hydrogen-bond donors (Lipinski definition) is 1. The molecule has 0 spiro atoms. The standard InChI is InChI=1S/C49H91NO7/c1-6-8-10-12-14-16-18-20-22-24-26-27-29-31-33-35-37-39-47(51)56-44-45(43-55-42-41-46(49(53)54)50(3,4)5)57-48(52)40-38-36-34-32-30-28-25-23-21-19-17-15-13-11-9-7-2/h17,19,23,25,45-46H,6-16,18,20-22,24,26-44H2,1-5H3/p+1/b19-17-,25-23-. The van der Waals surface area contributed by atoms with Gasteiger partial charge < -0.3 is 23.8 Å². The van der Waals surface area contributed by atoms with Crippen LogP contribution in [-0.4, -0.2) is 80.6 Å². The van der Waals surface area contributed by atoms with E-state index in [1.54, 1.807) is 0 Å². The van der Waals surface area contributed by atoms with E-state index in [2.05, 4.69) is 38.2 Å². The van der Waals surface area contributed by atoms with E-state index < -0.39 is 18.1 Å². The second kappa shape index (κ2) is 40.6. The minimum atomic E-state index is -0.875. The van der Waals surface area contributed by atoms with Gasteiger partial charge in [-0.15, -0.1) is 0 Å². The zero-order valence-electron chi connectivity index (χ0n) is 38.1. The SMILES string of the molecule is CCCCCC/C=C\C/C=C\CCCCCCCC(=O)OC(COCCC(C(=O)O)[N+](C)(C)C)COC(=O)CCCCCCCCCCCCCCCCCCC. The van der Waals surface area contributed by atoms with E-state index in [4.69, 9.17) is 14.2 Å². The molecule has 2 unspecified atom stereocenters. The van der Waals surface area contributed by atoms with E-state index >= 15 is 0 Å². The Morgan fingerprint density at radius 3 is 1.37 bits per heavy atom. The zero-order chi connectivity index (χ0) is 42.1. The van der Waals surface area contributed by atoms with Crippen LogP contribution in [0.4, 0.5) is 0 Å². The summed E-state index contributed by atoms with van der Waals surface area (Å²) in [5, 5.41) is 9.63. The molecule has 0 aromatic rings. The summed E-state index contributed by atoms with van der Waals surface area (Å²) in [6.07, 6.45) is 45.0. The number of ether oxygens (including phenoxy) is 3. The van der Waals surface area contributed by atoms with Crippen LogP contribution >= 0.6 is 0 Å². The maximum Gasteiger partial charge on any atom is 0.362 e. The van der Waals surface area contributed by atoms with Crippen molar-refractivity contribution in [3.05, 3.63) is 24.3 Å². The Labute approximate surface area is 351 Å². The van der Waals surface area contributed by atoms with Crippen molar-refractivity contribution >= 4 is 17.9 Å². The third-order valence-corrected chi connectivity index (χ3v) is 10.9. The largest absolute Gasteiger partial charge is 0.477 e. The lowest BCUT2D eigenvalue weighted by Gasteiger charge is -2.31. The first-order valence-electron chi connectivity index (χ1n) is 23.9. The molecule has 0 aliphatic carbocycles. The number of aliphatic carboxylic acids is 1. The van der Waals surface area contributed by atoms with E-state index in [-0.39, 0.29) is 36.2 Å². The maximum atomic E-state index is 12.7. The Hall–Kier alpha value is -2.19. The summed E-state index contributed by atoms with van der Waals surface area (Å²) < 4.78 is 17.3. The minimum Gasteiger partial charge on any atom is -0.477 e. The number of allylic oxidation sites excluding steroid dienone is 4. The van der Waals surface area contributed by atoms with Gasteiger partial charge in [-0.2, -0.15) is 0 Å². The average Bonchev–Trinajstić information content (AvgIpc) is 3.17. The molecule has 1 N–H and O–H groups in total. The molecule has 0 aliphatic heterocycles. The van der Waals surface area contributed by atoms with Crippen LogP contribution in [0.25, 0.3) is 0 Å². The van der Waals surface area contributed by atoms with Gasteiger partial charge in [-0.1, -0.05) is 179 Å². The fourth-order valence-corrected chi connectivity index (χ4v) is 7.12. The van der Waals surface area contributed by atoms with Crippen molar-refractivity contribution in [3.8, 4) is 0 Å². The molecular formula is C49H92NO7+. The fourth-order valence-electron chi connectivity index (χ4n) is 7.12. The van der Waals surface area contributed by atoms with Gasteiger partial charge in [0.15, 0.2) is 12.1 Å². The van der Waals surface area contributed by atoms with Gasteiger partial charge in [0.1, 0.15) is 6.61 Å². The predicted molar refractivity (Wildman–Crippen MR) is 238 cm³/mol. The normalized spacial score (nSPS) is 13.1. The summed E-state index contributed by atoms with van der Waals surface area (Å²) >= 11 is 0. The van der Waals surface area contributed by atoms with Crippen molar-refractivity contribution in [1.29, 1.82) is 0 Å². The quantitative estimate of drug-likeness (QED) is 0.0283. The fraction of sp³-hybridized carbons (Fsp3) is 0.857. The molecule has 0 aromatic heterocycles. The summed E-state index contributed by atoms with van der Waals surface area (Å²) in [6.45, 7) is 4.73. The lowest BCUT2D eigenvalue weighted by Crippen LogP contribution is -2.50. The number of carboxylic acid groups (broad SMARTS) is 1. The number of quaternary nitrogens is 1. The van der Waals surface area contributed by atoms with Gasteiger partial charge in [-0.25, -0.2) is 4.79 Å². The summed E-state index contributed by atoms with van der Waals surface area (Å²) in [7, 11) is 5.53. The maximum absolute atomic E-state index is 12.7. The number of esters is 2. The minimum absolute atomic E-state index is 0.0521. The first kappa shape index (κ1) is 54.8. The van der Waals surface area contributed by atoms with Gasteiger partial charge >= 0.3 is 17.9 Å². The van der Waals surface area contributed by atoms with Gasteiger partial charge in [-0.05, 0) is 44.9 Å². The molecule has 8 heteroatoms. The average molecular weight is 807 g/mol. The molecule has 0 aromatic carbocycles. The van der Waals surface area contributed by atoms with Crippen molar-refractivity contribution in [3.63, 3.8) is 0 Å². The molecular weight excluding hydrogens is 715 g/mol. The highest BCUT2D eigenvalue weighted by Crippen LogP contribution is 2.16. The first-order chi connectivity index (χ1) is 27.6. The third-order valence-electron chi connectivity index (χ3n) is 10.9. The van der Waals surface area contributed by atoms with Crippen LogP contribution in [0.3, 0.4) is 0 Å². The van der Waals surface area contributed by atoms with Crippen molar-refractivity contribution in [2.45, 2.75) is 231 Å². The molecule has 0 heterocycles. The van der Waals surface area contributed by atoms with Crippen molar-refractivity contribution in [2.24, 2.45) is 0 Å². The number of hydrogen-bond acceptors (Lipinski definition) is 6. The van der Waals surface area contributed by atoms with Crippen LogP contribution in [0, 0.1) is 0 Å². The van der Waals surface area contributed by atoms with E-state index in [9.17, 15) is 19.5 Å². The van der Waals surface area contributed by atoms with Gasteiger partial charge in [0, 0.05) is 19.3 Å². The molecule has 0 amide bonds. The van der Waals surface area contributed by atoms with Crippen molar-refractivity contribution in [2.75, 3.05) is 41.0 Å². The van der Waals surface area contributed by atoms with Crippen LogP contribution in [-0.2, 0) is 28.6 Å². The van der Waals surface area contributed by atoms with E-state index in [0.717, 1.165) is 64.2 Å². The Kier molecular flexibility index (Phi) is 39.0. The molecule has 57 heavy (non-hydrogen) atoms. The van der Waals surface area contributed by atoms with Crippen molar-refractivity contribution in [1.82, 2.24) is 0 Å².